The first-order valence-corrected chi connectivity index (χ1v) is 8.47. The zero-order valence-electron chi connectivity index (χ0n) is 12.8. The van der Waals surface area contributed by atoms with Crippen LogP contribution in [0.2, 0.25) is 0 Å². The number of nitrogens with zero attached hydrogens (tertiary/aromatic N) is 4. The molecule has 0 unspecified atom stereocenters. The minimum Gasteiger partial charge on any atom is -0.354 e. The van der Waals surface area contributed by atoms with E-state index in [0.29, 0.717) is 6.54 Å². The van der Waals surface area contributed by atoms with Crippen LogP contribution in [-0.4, -0.2) is 44.0 Å². The van der Waals surface area contributed by atoms with Crippen molar-refractivity contribution in [2.24, 2.45) is 4.99 Å². The predicted octanol–water partition coefficient (Wildman–Crippen LogP) is 2.48. The number of thiophene rings is 1. The number of thiazole rings is 1. The van der Waals surface area contributed by atoms with Crippen LogP contribution in [0.5, 0.6) is 0 Å². The third kappa shape index (κ3) is 4.44. The van der Waals surface area contributed by atoms with Gasteiger partial charge in [0.25, 0.3) is 0 Å². The van der Waals surface area contributed by atoms with Crippen molar-refractivity contribution in [1.29, 1.82) is 0 Å². The van der Waals surface area contributed by atoms with Crippen LogP contribution in [0.3, 0.4) is 0 Å². The van der Waals surface area contributed by atoms with Crippen LogP contribution in [0.15, 0.2) is 27.2 Å². The van der Waals surface area contributed by atoms with Gasteiger partial charge in [-0.1, -0.05) is 0 Å². The van der Waals surface area contributed by atoms with Gasteiger partial charge in [0, 0.05) is 40.1 Å². The summed E-state index contributed by atoms with van der Waals surface area (Å²) in [6.07, 6.45) is 0. The lowest BCUT2D eigenvalue weighted by molar-refractivity contribution is 0.477. The molecule has 1 N–H and O–H groups in total. The smallest absolute Gasteiger partial charge is 0.194 e. The molecule has 0 fully saturated rings. The van der Waals surface area contributed by atoms with Crippen molar-refractivity contribution in [2.45, 2.75) is 13.1 Å². The lowest BCUT2D eigenvalue weighted by Crippen LogP contribution is -2.38. The molecule has 0 amide bonds. The Hall–Kier alpha value is -1.60. The van der Waals surface area contributed by atoms with E-state index in [2.05, 4.69) is 42.4 Å². The molecule has 0 aliphatic rings. The van der Waals surface area contributed by atoms with E-state index in [9.17, 15) is 0 Å². The summed E-state index contributed by atoms with van der Waals surface area (Å²) in [6, 6.07) is 2.14. The molecule has 0 aliphatic carbocycles. The summed E-state index contributed by atoms with van der Waals surface area (Å²) in [6.45, 7) is 1.54. The Morgan fingerprint density at radius 3 is 2.71 bits per heavy atom. The molecular weight excluding hydrogens is 302 g/mol. The maximum atomic E-state index is 4.56. The average Bonchev–Trinajstić information content (AvgIpc) is 3.10. The second-order valence-electron chi connectivity index (χ2n) is 4.90. The molecule has 2 heterocycles. The van der Waals surface area contributed by atoms with Gasteiger partial charge in [-0.25, -0.2) is 4.98 Å². The van der Waals surface area contributed by atoms with E-state index in [1.165, 1.54) is 5.56 Å². The summed E-state index contributed by atoms with van der Waals surface area (Å²) < 4.78 is 0. The average molecular weight is 323 g/mol. The molecule has 21 heavy (non-hydrogen) atoms. The molecule has 0 aromatic carbocycles. The third-order valence-corrected chi connectivity index (χ3v) is 4.71. The Morgan fingerprint density at radius 1 is 1.33 bits per heavy atom. The molecule has 2 rings (SSSR count). The number of aromatic nitrogens is 1. The van der Waals surface area contributed by atoms with Crippen LogP contribution in [0.4, 0.5) is 5.13 Å². The highest BCUT2D eigenvalue weighted by Crippen LogP contribution is 2.17. The minimum absolute atomic E-state index is 0.686. The fraction of sp³-hybridized carbons (Fsp3) is 0.429. The van der Waals surface area contributed by atoms with E-state index < -0.39 is 0 Å². The molecule has 0 atom stereocenters. The van der Waals surface area contributed by atoms with E-state index in [1.807, 2.05) is 26.0 Å². The first-order valence-electron chi connectivity index (χ1n) is 6.64. The summed E-state index contributed by atoms with van der Waals surface area (Å²) in [4.78, 5) is 13.0. The van der Waals surface area contributed by atoms with Crippen molar-refractivity contribution >= 4 is 33.8 Å². The fourth-order valence-corrected chi connectivity index (χ4v) is 3.29. The standard InChI is InChI=1S/C14H21N5S2/c1-15-13(19(4)8-11-5-6-20-9-11)16-7-12-10-21-14(17-12)18(2)3/h5-6,9-10H,7-8H2,1-4H3,(H,15,16). The van der Waals surface area contributed by atoms with Crippen molar-refractivity contribution in [3.8, 4) is 0 Å². The Labute approximate surface area is 134 Å². The molecule has 0 spiro atoms. The van der Waals surface area contributed by atoms with Gasteiger partial charge < -0.3 is 15.1 Å². The van der Waals surface area contributed by atoms with Crippen molar-refractivity contribution in [2.75, 3.05) is 33.1 Å². The zero-order valence-corrected chi connectivity index (χ0v) is 14.5. The number of guanidine groups is 1. The van der Waals surface area contributed by atoms with Crippen molar-refractivity contribution in [3.05, 3.63) is 33.5 Å². The highest BCUT2D eigenvalue weighted by Gasteiger charge is 2.08. The van der Waals surface area contributed by atoms with Crippen LogP contribution in [-0.2, 0) is 13.1 Å². The van der Waals surface area contributed by atoms with Crippen LogP contribution >= 0.6 is 22.7 Å². The number of aliphatic imine (C=N–C) groups is 1. The number of hydrogen-bond donors (Lipinski definition) is 1. The summed E-state index contributed by atoms with van der Waals surface area (Å²) in [5.74, 6) is 0.876. The third-order valence-electron chi connectivity index (χ3n) is 2.92. The van der Waals surface area contributed by atoms with E-state index in [-0.39, 0.29) is 0 Å². The number of anilines is 1. The van der Waals surface area contributed by atoms with Gasteiger partial charge in [-0.15, -0.1) is 11.3 Å². The molecule has 5 nitrogen and oxygen atoms in total. The van der Waals surface area contributed by atoms with Crippen molar-refractivity contribution in [1.82, 2.24) is 15.2 Å². The van der Waals surface area contributed by atoms with Crippen molar-refractivity contribution < 1.29 is 0 Å². The molecule has 0 radical (unpaired) electrons. The Bertz CT molecular complexity index is 574. The van der Waals surface area contributed by atoms with Crippen LogP contribution < -0.4 is 10.2 Å². The molecular formula is C14H21N5S2. The van der Waals surface area contributed by atoms with Gasteiger partial charge in [0.05, 0.1) is 12.2 Å². The van der Waals surface area contributed by atoms with Gasteiger partial charge in [-0.05, 0) is 22.4 Å². The van der Waals surface area contributed by atoms with Gasteiger partial charge in [-0.3, -0.25) is 4.99 Å². The molecule has 0 saturated heterocycles. The number of nitrogens with one attached hydrogen (secondary N) is 1. The quantitative estimate of drug-likeness (QED) is 0.678. The monoisotopic (exact) mass is 323 g/mol. The van der Waals surface area contributed by atoms with E-state index in [4.69, 9.17) is 0 Å². The van der Waals surface area contributed by atoms with Crippen LogP contribution in [0, 0.1) is 0 Å². The van der Waals surface area contributed by atoms with Gasteiger partial charge in [0.15, 0.2) is 11.1 Å². The Morgan fingerprint density at radius 2 is 2.14 bits per heavy atom. The van der Waals surface area contributed by atoms with Gasteiger partial charge in [-0.2, -0.15) is 11.3 Å². The maximum absolute atomic E-state index is 4.56. The second-order valence-corrected chi connectivity index (χ2v) is 6.52. The molecule has 2 aromatic rings. The normalized spacial score (nSPS) is 11.5. The summed E-state index contributed by atoms with van der Waals surface area (Å²) in [7, 11) is 7.85. The SMILES string of the molecule is CN=C(NCc1csc(N(C)C)n1)N(C)Cc1ccsc1. The zero-order chi connectivity index (χ0) is 15.2. The molecule has 0 aliphatic heterocycles. The summed E-state index contributed by atoms with van der Waals surface area (Å²) >= 11 is 3.37. The molecule has 0 bridgehead atoms. The summed E-state index contributed by atoms with van der Waals surface area (Å²) in [5.41, 5.74) is 2.34. The molecule has 2 aromatic heterocycles. The van der Waals surface area contributed by atoms with Gasteiger partial charge >= 0.3 is 0 Å². The van der Waals surface area contributed by atoms with E-state index >= 15 is 0 Å². The van der Waals surface area contributed by atoms with Gasteiger partial charge in [0.2, 0.25) is 0 Å². The highest BCUT2D eigenvalue weighted by molar-refractivity contribution is 7.13. The fourth-order valence-electron chi connectivity index (χ4n) is 1.87. The van der Waals surface area contributed by atoms with E-state index in [1.54, 1.807) is 29.7 Å². The van der Waals surface area contributed by atoms with Crippen LogP contribution in [0.25, 0.3) is 0 Å². The minimum atomic E-state index is 0.686. The van der Waals surface area contributed by atoms with E-state index in [0.717, 1.165) is 23.3 Å². The Kier molecular flexibility index (Phi) is 5.58. The topological polar surface area (TPSA) is 43.8 Å². The molecule has 114 valence electrons. The first-order chi connectivity index (χ1) is 10.1. The lowest BCUT2D eigenvalue weighted by atomic mass is 10.3. The summed E-state index contributed by atoms with van der Waals surface area (Å²) in [5, 5.41) is 10.7. The lowest BCUT2D eigenvalue weighted by Gasteiger charge is -2.21. The second kappa shape index (κ2) is 7.42. The highest BCUT2D eigenvalue weighted by atomic mass is 32.1. The number of rotatable bonds is 5. The largest absolute Gasteiger partial charge is 0.354 e. The Balaban J connectivity index is 1.89. The first kappa shape index (κ1) is 15.8. The number of hydrogen-bond acceptors (Lipinski definition) is 5. The van der Waals surface area contributed by atoms with Crippen LogP contribution in [0.1, 0.15) is 11.3 Å². The molecule has 7 heteroatoms. The predicted molar refractivity (Wildman–Crippen MR) is 92.4 cm³/mol. The van der Waals surface area contributed by atoms with Crippen molar-refractivity contribution in [3.63, 3.8) is 0 Å². The van der Waals surface area contributed by atoms with Gasteiger partial charge in [0.1, 0.15) is 0 Å². The molecule has 0 saturated carbocycles. The maximum Gasteiger partial charge on any atom is 0.194 e.